The number of likely N-dealkylation sites (N-methyl/N-ethyl adjacent to an activating group) is 1. The van der Waals surface area contributed by atoms with E-state index < -0.39 is 0 Å². The number of thiophene rings is 1. The van der Waals surface area contributed by atoms with Gasteiger partial charge < -0.3 is 20.1 Å². The lowest BCUT2D eigenvalue weighted by Gasteiger charge is -2.34. The molecule has 4 rings (SSSR count). The number of aryl methyl sites for hydroxylation is 1. The molecule has 1 saturated carbocycles. The molecular formula is C21H30N4O3S. The van der Waals surface area contributed by atoms with E-state index in [1.54, 1.807) is 24.8 Å². The van der Waals surface area contributed by atoms with Crippen molar-refractivity contribution in [1.29, 1.82) is 0 Å². The largest absolute Gasteiger partial charge is 0.474 e. The molecule has 8 heteroatoms. The number of carbonyl (C=O) groups excluding carboxylic acids is 1. The third kappa shape index (κ3) is 4.39. The lowest BCUT2D eigenvalue weighted by Crippen LogP contribution is -2.39. The van der Waals surface area contributed by atoms with Gasteiger partial charge in [-0.15, -0.1) is 11.3 Å². The molecule has 2 aromatic heterocycles. The summed E-state index contributed by atoms with van der Waals surface area (Å²) in [6.07, 6.45) is 8.36. The second-order valence-corrected chi connectivity index (χ2v) is 9.31. The summed E-state index contributed by atoms with van der Waals surface area (Å²) in [5.74, 6) is 0.590. The quantitative estimate of drug-likeness (QED) is 0.709. The molecule has 2 heterocycles. The minimum absolute atomic E-state index is 0.162. The summed E-state index contributed by atoms with van der Waals surface area (Å²) in [5, 5.41) is 1.01. The number of fused-ring (bicyclic) bond motifs is 3. The monoisotopic (exact) mass is 418 g/mol. The van der Waals surface area contributed by atoms with E-state index in [1.807, 2.05) is 0 Å². The predicted octanol–water partition coefficient (Wildman–Crippen LogP) is 2.86. The van der Waals surface area contributed by atoms with Crippen LogP contribution in [-0.2, 0) is 16.0 Å². The Morgan fingerprint density at radius 2 is 2.07 bits per heavy atom. The van der Waals surface area contributed by atoms with Gasteiger partial charge in [0.15, 0.2) is 0 Å². The summed E-state index contributed by atoms with van der Waals surface area (Å²) in [5.41, 5.74) is 6.69. The number of carbonyl (C=O) groups is 1. The van der Waals surface area contributed by atoms with Crippen molar-refractivity contribution in [3.8, 4) is 5.88 Å². The third-order valence-corrected chi connectivity index (χ3v) is 7.51. The maximum Gasteiger partial charge on any atom is 0.225 e. The zero-order chi connectivity index (χ0) is 20.4. The molecule has 1 atom stereocenters. The van der Waals surface area contributed by atoms with Crippen LogP contribution in [0.4, 0.5) is 0 Å². The number of amides is 1. The number of nitrogens with two attached hydrogens (primary N) is 1. The van der Waals surface area contributed by atoms with Crippen molar-refractivity contribution in [1.82, 2.24) is 14.9 Å². The molecule has 29 heavy (non-hydrogen) atoms. The molecule has 2 aliphatic rings. The maximum atomic E-state index is 11.5. The topological polar surface area (TPSA) is 90.6 Å². The van der Waals surface area contributed by atoms with Crippen molar-refractivity contribution in [3.05, 3.63) is 16.8 Å². The van der Waals surface area contributed by atoms with Crippen molar-refractivity contribution < 1.29 is 14.3 Å². The van der Waals surface area contributed by atoms with Crippen LogP contribution >= 0.6 is 11.3 Å². The Bertz CT molecular complexity index is 863. The number of ether oxygens (including phenoxy) is 2. The Hall–Kier alpha value is -1.77. The predicted molar refractivity (Wildman–Crippen MR) is 113 cm³/mol. The molecule has 0 aliphatic heterocycles. The van der Waals surface area contributed by atoms with Gasteiger partial charge >= 0.3 is 0 Å². The van der Waals surface area contributed by atoms with E-state index in [4.69, 9.17) is 15.2 Å². The van der Waals surface area contributed by atoms with Crippen molar-refractivity contribution in [2.75, 3.05) is 27.3 Å². The van der Waals surface area contributed by atoms with Gasteiger partial charge in [0, 0.05) is 31.0 Å². The minimum Gasteiger partial charge on any atom is -0.474 e. The first kappa shape index (κ1) is 20.5. The number of methoxy groups -OCH3 is 1. The average Bonchev–Trinajstić information content (AvgIpc) is 3.26. The minimum atomic E-state index is -0.252. The Balaban J connectivity index is 1.48. The molecule has 2 aromatic rings. The molecule has 2 aliphatic carbocycles. The lowest BCUT2D eigenvalue weighted by molar-refractivity contribution is -0.118. The van der Waals surface area contributed by atoms with Crippen LogP contribution in [0.5, 0.6) is 5.88 Å². The van der Waals surface area contributed by atoms with Crippen molar-refractivity contribution in [2.24, 2.45) is 5.73 Å². The van der Waals surface area contributed by atoms with E-state index in [2.05, 4.69) is 21.9 Å². The van der Waals surface area contributed by atoms with Crippen molar-refractivity contribution >= 4 is 27.5 Å². The molecule has 0 radical (unpaired) electrons. The zero-order valence-corrected chi connectivity index (χ0v) is 18.0. The van der Waals surface area contributed by atoms with Crippen LogP contribution in [0.25, 0.3) is 10.2 Å². The Labute approximate surface area is 175 Å². The van der Waals surface area contributed by atoms with E-state index in [0.717, 1.165) is 61.9 Å². The van der Waals surface area contributed by atoms with Crippen molar-refractivity contribution in [3.63, 3.8) is 0 Å². The van der Waals surface area contributed by atoms with Gasteiger partial charge in [0.2, 0.25) is 11.8 Å². The zero-order valence-electron chi connectivity index (χ0n) is 17.2. The summed E-state index contributed by atoms with van der Waals surface area (Å²) in [7, 11) is 3.92. The summed E-state index contributed by atoms with van der Waals surface area (Å²) in [6.45, 7) is 1.73. The molecular weight excluding hydrogens is 388 g/mol. The van der Waals surface area contributed by atoms with E-state index in [0.29, 0.717) is 18.3 Å². The summed E-state index contributed by atoms with van der Waals surface area (Å²) >= 11 is 1.70. The van der Waals surface area contributed by atoms with Crippen LogP contribution in [0.15, 0.2) is 6.33 Å². The average molecular weight is 419 g/mol. The van der Waals surface area contributed by atoms with Crippen LogP contribution in [0, 0.1) is 0 Å². The van der Waals surface area contributed by atoms with Crippen LogP contribution in [-0.4, -0.2) is 60.2 Å². The lowest BCUT2D eigenvalue weighted by atomic mass is 9.92. The third-order valence-electron chi connectivity index (χ3n) is 6.34. The van der Waals surface area contributed by atoms with Crippen molar-refractivity contribution in [2.45, 2.75) is 63.0 Å². The van der Waals surface area contributed by atoms with E-state index >= 15 is 0 Å². The molecule has 7 nitrogen and oxygen atoms in total. The number of hydrogen-bond donors (Lipinski definition) is 1. The van der Waals surface area contributed by atoms with Gasteiger partial charge in [-0.1, -0.05) is 0 Å². The van der Waals surface area contributed by atoms with Gasteiger partial charge in [0.05, 0.1) is 12.0 Å². The highest BCUT2D eigenvalue weighted by Crippen LogP contribution is 2.47. The molecule has 0 saturated heterocycles. The van der Waals surface area contributed by atoms with Crippen LogP contribution < -0.4 is 10.5 Å². The first-order chi connectivity index (χ1) is 14.1. The van der Waals surface area contributed by atoms with Crippen LogP contribution in [0.2, 0.25) is 0 Å². The molecule has 1 fully saturated rings. The second kappa shape index (κ2) is 8.93. The SMILES string of the molecule is COCCN(C)C1CCC(Oc2ncnc3sc4c(c23)[C@@H](CC(N)=O)CC4)CC1. The Morgan fingerprint density at radius 3 is 2.79 bits per heavy atom. The first-order valence-electron chi connectivity index (χ1n) is 10.5. The fourth-order valence-corrected chi connectivity index (χ4v) is 5.99. The first-order valence-corrected chi connectivity index (χ1v) is 11.3. The summed E-state index contributed by atoms with van der Waals surface area (Å²) in [4.78, 5) is 25.1. The fourth-order valence-electron chi connectivity index (χ4n) is 4.76. The van der Waals surface area contributed by atoms with Gasteiger partial charge in [0.25, 0.3) is 0 Å². The van der Waals surface area contributed by atoms with E-state index in [-0.39, 0.29) is 17.9 Å². The summed E-state index contributed by atoms with van der Waals surface area (Å²) in [6, 6.07) is 0.584. The van der Waals surface area contributed by atoms with Gasteiger partial charge in [-0.05, 0) is 57.1 Å². The highest BCUT2D eigenvalue weighted by Gasteiger charge is 2.32. The van der Waals surface area contributed by atoms with Gasteiger partial charge in [0.1, 0.15) is 17.3 Å². The van der Waals surface area contributed by atoms with Crippen LogP contribution in [0.3, 0.4) is 0 Å². The number of rotatable bonds is 8. The highest BCUT2D eigenvalue weighted by atomic mass is 32.1. The maximum absolute atomic E-state index is 11.5. The smallest absolute Gasteiger partial charge is 0.225 e. The molecule has 0 bridgehead atoms. The van der Waals surface area contributed by atoms with E-state index in [9.17, 15) is 4.79 Å². The fraction of sp³-hybridized carbons (Fsp3) is 0.667. The molecule has 0 unspecified atom stereocenters. The van der Waals surface area contributed by atoms with Gasteiger partial charge in [-0.2, -0.15) is 0 Å². The summed E-state index contributed by atoms with van der Waals surface area (Å²) < 4.78 is 11.6. The normalized spacial score (nSPS) is 24.2. The number of aromatic nitrogens is 2. The number of hydrogen-bond acceptors (Lipinski definition) is 7. The van der Waals surface area contributed by atoms with Gasteiger partial charge in [-0.25, -0.2) is 9.97 Å². The standard InChI is InChI=1S/C21H30N4O3S/c1-25(9-10-27-2)14-4-6-15(7-5-14)28-20-19-18-13(11-17(22)26)3-8-16(18)29-21(19)24-12-23-20/h12-15H,3-11H2,1-2H3,(H2,22,26)/t13-,14?,15?/m1/s1. The number of nitrogens with zero attached hydrogens (tertiary/aromatic N) is 3. The molecule has 1 amide bonds. The highest BCUT2D eigenvalue weighted by molar-refractivity contribution is 7.19. The number of primary amides is 1. The molecule has 0 aromatic carbocycles. The molecule has 158 valence electrons. The molecule has 2 N–H and O–H groups in total. The second-order valence-electron chi connectivity index (χ2n) is 8.23. The molecule has 0 spiro atoms. The van der Waals surface area contributed by atoms with Crippen LogP contribution in [0.1, 0.15) is 54.9 Å². The Kier molecular flexibility index (Phi) is 6.32. The Morgan fingerprint density at radius 1 is 1.28 bits per heavy atom. The van der Waals surface area contributed by atoms with Gasteiger partial charge in [-0.3, -0.25) is 4.79 Å². The van der Waals surface area contributed by atoms with E-state index in [1.165, 1.54) is 10.4 Å².